The molecule has 0 unspecified atom stereocenters. The molecule has 0 radical (unpaired) electrons. The third kappa shape index (κ3) is 1.91. The van der Waals surface area contributed by atoms with Crippen LogP contribution >= 0.6 is 0 Å². The number of hydrogen-bond donors (Lipinski definition) is 2. The molecule has 1 atom stereocenters. The van der Waals surface area contributed by atoms with Crippen molar-refractivity contribution in [3.05, 3.63) is 5.69 Å². The van der Waals surface area contributed by atoms with E-state index in [1.807, 2.05) is 0 Å². The summed E-state index contributed by atoms with van der Waals surface area (Å²) in [5, 5.41) is 15.9. The Hall–Kier alpha value is -1.63. The smallest absolute Gasteiger partial charge is 0.360 e. The quantitative estimate of drug-likeness (QED) is 0.715. The van der Waals surface area contributed by atoms with E-state index in [2.05, 4.69) is 10.3 Å². The fourth-order valence-electron chi connectivity index (χ4n) is 1.59. The summed E-state index contributed by atoms with van der Waals surface area (Å²) in [6.07, 6.45) is 2.03. The van der Waals surface area contributed by atoms with Gasteiger partial charge < -0.3 is 15.6 Å². The van der Waals surface area contributed by atoms with Crippen LogP contribution in [0.25, 0.3) is 0 Å². The Balaban J connectivity index is 2.11. The zero-order chi connectivity index (χ0) is 10.8. The lowest BCUT2D eigenvalue weighted by atomic mass is 10.2. The predicted octanol–water partition coefficient (Wildman–Crippen LogP) is -0.263. The van der Waals surface area contributed by atoms with Crippen LogP contribution in [-0.2, 0) is 11.3 Å². The summed E-state index contributed by atoms with van der Waals surface area (Å²) >= 11 is 0. The Bertz CT molecular complexity index is 370. The second-order valence-corrected chi connectivity index (χ2v) is 3.45. The molecule has 2 heterocycles. The third-order valence-electron chi connectivity index (χ3n) is 2.38. The van der Waals surface area contributed by atoms with Crippen molar-refractivity contribution < 1.29 is 14.6 Å². The van der Waals surface area contributed by atoms with Crippen molar-refractivity contribution in [3.63, 3.8) is 0 Å². The lowest BCUT2D eigenvalue weighted by molar-refractivity contribution is 0.0691. The van der Waals surface area contributed by atoms with Gasteiger partial charge in [0.25, 0.3) is 0 Å². The summed E-state index contributed by atoms with van der Waals surface area (Å²) < 4.78 is 6.76. The van der Waals surface area contributed by atoms with Gasteiger partial charge in [0.05, 0.1) is 12.6 Å². The van der Waals surface area contributed by atoms with Crippen LogP contribution < -0.4 is 5.73 Å². The van der Waals surface area contributed by atoms with Gasteiger partial charge in [0.1, 0.15) is 0 Å². The number of nitrogen functional groups attached to an aromatic ring is 1. The van der Waals surface area contributed by atoms with E-state index in [1.54, 1.807) is 0 Å². The minimum absolute atomic E-state index is 0.0654. The van der Waals surface area contributed by atoms with Crippen molar-refractivity contribution in [1.29, 1.82) is 0 Å². The molecule has 0 aromatic carbocycles. The van der Waals surface area contributed by atoms with Gasteiger partial charge in [0.2, 0.25) is 5.69 Å². The van der Waals surface area contributed by atoms with Gasteiger partial charge in [-0.2, -0.15) is 0 Å². The number of aromatic nitrogens is 3. The summed E-state index contributed by atoms with van der Waals surface area (Å²) in [5.74, 6) is -1.08. The van der Waals surface area contributed by atoms with Crippen LogP contribution in [0.1, 0.15) is 23.3 Å². The highest BCUT2D eigenvalue weighted by Crippen LogP contribution is 2.16. The second-order valence-electron chi connectivity index (χ2n) is 3.45. The summed E-state index contributed by atoms with van der Waals surface area (Å²) in [4.78, 5) is 10.6. The number of carboxylic acids is 1. The molecular weight excluding hydrogens is 200 g/mol. The Kier molecular flexibility index (Phi) is 2.55. The van der Waals surface area contributed by atoms with Crippen LogP contribution in [0.15, 0.2) is 0 Å². The van der Waals surface area contributed by atoms with Gasteiger partial charge in [-0.25, -0.2) is 9.48 Å². The lowest BCUT2D eigenvalue weighted by Gasteiger charge is -2.09. The average Bonchev–Trinajstić information content (AvgIpc) is 2.78. The van der Waals surface area contributed by atoms with Crippen LogP contribution in [0.2, 0.25) is 0 Å². The number of ether oxygens (including phenoxy) is 1. The number of carbonyl (C=O) groups is 1. The Morgan fingerprint density at radius 1 is 1.73 bits per heavy atom. The van der Waals surface area contributed by atoms with Gasteiger partial charge in [-0.1, -0.05) is 5.21 Å². The summed E-state index contributed by atoms with van der Waals surface area (Å²) in [5.41, 5.74) is 5.38. The standard InChI is InChI=1S/C8H12N4O3/c9-7-6(8(13)14)10-11-12(7)4-5-2-1-3-15-5/h5H,1-4,9H2,(H,13,14)/t5-/m0/s1. The molecule has 7 nitrogen and oxygen atoms in total. The van der Waals surface area contributed by atoms with Crippen LogP contribution in [0.5, 0.6) is 0 Å². The largest absolute Gasteiger partial charge is 0.476 e. The predicted molar refractivity (Wildman–Crippen MR) is 50.4 cm³/mol. The molecule has 0 amide bonds. The van der Waals surface area contributed by atoms with Crippen molar-refractivity contribution in [2.45, 2.75) is 25.5 Å². The number of carboxylic acid groups (broad SMARTS) is 1. The number of hydrogen-bond acceptors (Lipinski definition) is 5. The molecule has 1 aliphatic rings. The Morgan fingerprint density at radius 2 is 2.53 bits per heavy atom. The number of nitrogens with two attached hydrogens (primary N) is 1. The maximum absolute atomic E-state index is 10.6. The molecule has 0 aliphatic carbocycles. The first-order valence-electron chi connectivity index (χ1n) is 4.72. The van der Waals surface area contributed by atoms with Crippen molar-refractivity contribution in [2.75, 3.05) is 12.3 Å². The van der Waals surface area contributed by atoms with Gasteiger partial charge >= 0.3 is 5.97 Å². The third-order valence-corrected chi connectivity index (χ3v) is 2.38. The minimum atomic E-state index is -1.16. The highest BCUT2D eigenvalue weighted by Gasteiger charge is 2.21. The monoisotopic (exact) mass is 212 g/mol. The Labute approximate surface area is 85.8 Å². The van der Waals surface area contributed by atoms with Crippen molar-refractivity contribution in [1.82, 2.24) is 15.0 Å². The van der Waals surface area contributed by atoms with Crippen molar-refractivity contribution >= 4 is 11.8 Å². The van der Waals surface area contributed by atoms with Gasteiger partial charge in [0.15, 0.2) is 5.82 Å². The van der Waals surface area contributed by atoms with Gasteiger partial charge in [-0.15, -0.1) is 5.10 Å². The highest BCUT2D eigenvalue weighted by atomic mass is 16.5. The SMILES string of the molecule is Nc1c(C(=O)O)nnn1C[C@@H]1CCCO1. The van der Waals surface area contributed by atoms with Gasteiger partial charge in [-0.05, 0) is 12.8 Å². The first kappa shape index (κ1) is 9.91. The highest BCUT2D eigenvalue weighted by molar-refractivity contribution is 5.90. The van der Waals surface area contributed by atoms with Crippen LogP contribution in [0.4, 0.5) is 5.82 Å². The number of anilines is 1. The lowest BCUT2D eigenvalue weighted by Crippen LogP contribution is -2.18. The Morgan fingerprint density at radius 3 is 3.07 bits per heavy atom. The summed E-state index contributed by atoms with van der Waals surface area (Å²) in [6.45, 7) is 1.21. The number of rotatable bonds is 3. The molecule has 3 N–H and O–H groups in total. The van der Waals surface area contributed by atoms with Crippen molar-refractivity contribution in [2.24, 2.45) is 0 Å². The molecule has 1 aromatic heterocycles. The van der Waals surface area contributed by atoms with Crippen molar-refractivity contribution in [3.8, 4) is 0 Å². The fourth-order valence-corrected chi connectivity index (χ4v) is 1.59. The molecule has 1 saturated heterocycles. The first-order chi connectivity index (χ1) is 7.18. The molecule has 82 valence electrons. The zero-order valence-electron chi connectivity index (χ0n) is 8.09. The molecular formula is C8H12N4O3. The molecule has 0 saturated carbocycles. The van der Waals surface area contributed by atoms with E-state index in [9.17, 15) is 4.79 Å². The normalized spacial score (nSPS) is 20.7. The summed E-state index contributed by atoms with van der Waals surface area (Å²) in [7, 11) is 0. The number of aromatic carboxylic acids is 1. The summed E-state index contributed by atoms with van der Waals surface area (Å²) in [6, 6.07) is 0. The molecule has 1 aliphatic heterocycles. The average molecular weight is 212 g/mol. The topological polar surface area (TPSA) is 103 Å². The zero-order valence-corrected chi connectivity index (χ0v) is 8.09. The maximum Gasteiger partial charge on any atom is 0.360 e. The fraction of sp³-hybridized carbons (Fsp3) is 0.625. The molecule has 2 rings (SSSR count). The van der Waals surface area contributed by atoms with Crippen LogP contribution in [-0.4, -0.2) is 38.8 Å². The van der Waals surface area contributed by atoms with Crippen LogP contribution in [0.3, 0.4) is 0 Å². The molecule has 1 fully saturated rings. The molecule has 15 heavy (non-hydrogen) atoms. The van der Waals surface area contributed by atoms with E-state index in [-0.39, 0.29) is 17.6 Å². The second kappa shape index (κ2) is 3.85. The van der Waals surface area contributed by atoms with Gasteiger partial charge in [0, 0.05) is 6.61 Å². The van der Waals surface area contributed by atoms with E-state index >= 15 is 0 Å². The van der Waals surface area contributed by atoms with Crippen LogP contribution in [0, 0.1) is 0 Å². The molecule has 1 aromatic rings. The maximum atomic E-state index is 10.6. The first-order valence-corrected chi connectivity index (χ1v) is 4.72. The number of nitrogens with zero attached hydrogens (tertiary/aromatic N) is 3. The van der Waals surface area contributed by atoms with E-state index in [0.29, 0.717) is 6.54 Å². The molecule has 7 heteroatoms. The minimum Gasteiger partial charge on any atom is -0.476 e. The molecule has 0 spiro atoms. The van der Waals surface area contributed by atoms with E-state index in [1.165, 1.54) is 4.68 Å². The van der Waals surface area contributed by atoms with E-state index < -0.39 is 5.97 Å². The van der Waals surface area contributed by atoms with E-state index in [0.717, 1.165) is 19.4 Å². The molecule has 0 bridgehead atoms. The van der Waals surface area contributed by atoms with E-state index in [4.69, 9.17) is 15.6 Å². The van der Waals surface area contributed by atoms with Gasteiger partial charge in [-0.3, -0.25) is 0 Å².